The molecule has 0 unspecified atom stereocenters. The molecule has 0 saturated carbocycles. The Balaban J connectivity index is 1.49. The molecular weight excluding hydrogens is 459 g/mol. The van der Waals surface area contributed by atoms with Crippen LogP contribution in [0.4, 0.5) is 18.9 Å². The lowest BCUT2D eigenvalue weighted by atomic mass is 10.3. The van der Waals surface area contributed by atoms with Crippen molar-refractivity contribution in [2.24, 2.45) is 0 Å². The SMILES string of the molecule is O=C(Nc1cnn(COCC(F)(F)F)c1)c1ccc(COc2ccc(Br)cc2)o1. The number of nitrogens with one attached hydrogen (secondary N) is 1. The van der Waals surface area contributed by atoms with E-state index in [2.05, 4.69) is 31.1 Å². The van der Waals surface area contributed by atoms with E-state index in [1.165, 1.54) is 18.5 Å². The van der Waals surface area contributed by atoms with Gasteiger partial charge in [-0.3, -0.25) is 4.79 Å². The van der Waals surface area contributed by atoms with Crippen molar-refractivity contribution >= 4 is 27.5 Å². The zero-order valence-corrected chi connectivity index (χ0v) is 16.4. The van der Waals surface area contributed by atoms with E-state index in [1.807, 2.05) is 12.1 Å². The van der Waals surface area contributed by atoms with Crippen molar-refractivity contribution in [3.63, 3.8) is 0 Å². The number of halogens is 4. The van der Waals surface area contributed by atoms with Gasteiger partial charge in [0.15, 0.2) is 5.76 Å². The summed E-state index contributed by atoms with van der Waals surface area (Å²) in [4.78, 5) is 12.2. The molecule has 7 nitrogen and oxygen atoms in total. The number of anilines is 1. The maximum atomic E-state index is 12.2. The molecule has 0 saturated heterocycles. The number of hydrogen-bond acceptors (Lipinski definition) is 5. The van der Waals surface area contributed by atoms with Crippen molar-refractivity contribution in [3.8, 4) is 5.75 Å². The van der Waals surface area contributed by atoms with Crippen LogP contribution in [0.2, 0.25) is 0 Å². The van der Waals surface area contributed by atoms with E-state index in [9.17, 15) is 18.0 Å². The highest BCUT2D eigenvalue weighted by atomic mass is 79.9. The van der Waals surface area contributed by atoms with Crippen LogP contribution in [-0.4, -0.2) is 28.5 Å². The summed E-state index contributed by atoms with van der Waals surface area (Å²) in [6.07, 6.45) is -1.79. The second kappa shape index (κ2) is 9.14. The van der Waals surface area contributed by atoms with E-state index in [0.29, 0.717) is 11.5 Å². The molecule has 1 N–H and O–H groups in total. The van der Waals surface area contributed by atoms with Gasteiger partial charge in [0.2, 0.25) is 0 Å². The van der Waals surface area contributed by atoms with Gasteiger partial charge in [0.1, 0.15) is 31.5 Å². The van der Waals surface area contributed by atoms with Crippen molar-refractivity contribution in [1.29, 1.82) is 0 Å². The number of ether oxygens (including phenoxy) is 2. The Labute approximate surface area is 171 Å². The predicted octanol–water partition coefficient (Wildman–Crippen LogP) is 4.61. The van der Waals surface area contributed by atoms with Crippen LogP contribution in [0.1, 0.15) is 16.3 Å². The normalized spacial score (nSPS) is 11.4. The molecule has 11 heteroatoms. The number of amides is 1. The van der Waals surface area contributed by atoms with E-state index in [1.54, 1.807) is 18.2 Å². The van der Waals surface area contributed by atoms with Gasteiger partial charge in [0, 0.05) is 4.47 Å². The van der Waals surface area contributed by atoms with Gasteiger partial charge in [0.05, 0.1) is 18.1 Å². The minimum absolute atomic E-state index is 0.0560. The van der Waals surface area contributed by atoms with Crippen molar-refractivity contribution < 1.29 is 31.9 Å². The fourth-order valence-corrected chi connectivity index (χ4v) is 2.47. The van der Waals surface area contributed by atoms with Crippen LogP contribution in [0.25, 0.3) is 0 Å². The number of carbonyl (C=O) groups is 1. The Hall–Kier alpha value is -2.79. The summed E-state index contributed by atoms with van der Waals surface area (Å²) in [7, 11) is 0. The Morgan fingerprint density at radius 1 is 1.21 bits per heavy atom. The number of aromatic nitrogens is 2. The number of carbonyl (C=O) groups excluding carboxylic acids is 1. The highest BCUT2D eigenvalue weighted by Crippen LogP contribution is 2.19. The minimum atomic E-state index is -4.41. The Bertz CT molecular complexity index is 954. The summed E-state index contributed by atoms with van der Waals surface area (Å²) in [5.74, 6) is 0.626. The van der Waals surface area contributed by atoms with Crippen LogP contribution in [0.5, 0.6) is 5.75 Å². The largest absolute Gasteiger partial charge is 0.486 e. The van der Waals surface area contributed by atoms with Crippen molar-refractivity contribution in [3.05, 3.63) is 64.8 Å². The average molecular weight is 474 g/mol. The summed E-state index contributed by atoms with van der Waals surface area (Å²) < 4.78 is 53.7. The Kier molecular flexibility index (Phi) is 6.60. The third kappa shape index (κ3) is 6.64. The molecule has 3 aromatic rings. The molecule has 0 fully saturated rings. The van der Waals surface area contributed by atoms with Gasteiger partial charge in [0.25, 0.3) is 5.91 Å². The van der Waals surface area contributed by atoms with Gasteiger partial charge in [-0.25, -0.2) is 4.68 Å². The van der Waals surface area contributed by atoms with Gasteiger partial charge < -0.3 is 19.2 Å². The zero-order chi connectivity index (χ0) is 20.9. The molecule has 29 heavy (non-hydrogen) atoms. The summed E-state index contributed by atoms with van der Waals surface area (Å²) in [5, 5.41) is 6.35. The van der Waals surface area contributed by atoms with Crippen molar-refractivity contribution in [2.45, 2.75) is 19.5 Å². The molecule has 1 aromatic carbocycles. The molecule has 0 aliphatic rings. The van der Waals surface area contributed by atoms with Crippen LogP contribution in [0.15, 0.2) is 57.7 Å². The fourth-order valence-electron chi connectivity index (χ4n) is 2.21. The third-order valence-corrected chi connectivity index (χ3v) is 3.99. The maximum absolute atomic E-state index is 12.2. The number of benzene rings is 1. The first-order valence-electron chi connectivity index (χ1n) is 8.24. The fraction of sp³-hybridized carbons (Fsp3) is 0.222. The minimum Gasteiger partial charge on any atom is -0.486 e. The monoisotopic (exact) mass is 473 g/mol. The maximum Gasteiger partial charge on any atom is 0.411 e. The molecule has 3 rings (SSSR count). The van der Waals surface area contributed by atoms with Crippen molar-refractivity contribution in [2.75, 3.05) is 11.9 Å². The Morgan fingerprint density at radius 2 is 1.97 bits per heavy atom. The first-order valence-corrected chi connectivity index (χ1v) is 9.03. The van der Waals surface area contributed by atoms with E-state index in [-0.39, 0.29) is 18.1 Å². The van der Waals surface area contributed by atoms with Crippen LogP contribution in [-0.2, 0) is 18.1 Å². The van der Waals surface area contributed by atoms with Gasteiger partial charge in [-0.2, -0.15) is 18.3 Å². The van der Waals surface area contributed by atoms with Crippen molar-refractivity contribution in [1.82, 2.24) is 9.78 Å². The van der Waals surface area contributed by atoms with Crippen LogP contribution >= 0.6 is 15.9 Å². The zero-order valence-electron chi connectivity index (χ0n) is 14.8. The average Bonchev–Trinajstić information content (AvgIpc) is 3.30. The first-order chi connectivity index (χ1) is 13.8. The van der Waals surface area contributed by atoms with E-state index >= 15 is 0 Å². The lowest BCUT2D eigenvalue weighted by molar-refractivity contribution is -0.182. The second-order valence-corrected chi connectivity index (χ2v) is 6.74. The summed E-state index contributed by atoms with van der Waals surface area (Å²) in [6.45, 7) is -1.64. The third-order valence-electron chi connectivity index (χ3n) is 3.46. The highest BCUT2D eigenvalue weighted by Gasteiger charge is 2.27. The number of rotatable bonds is 8. The second-order valence-electron chi connectivity index (χ2n) is 5.82. The number of hydrogen-bond donors (Lipinski definition) is 1. The van der Waals surface area contributed by atoms with Crippen LogP contribution in [0.3, 0.4) is 0 Å². The molecule has 154 valence electrons. The highest BCUT2D eigenvalue weighted by molar-refractivity contribution is 9.10. The number of furan rings is 1. The van der Waals surface area contributed by atoms with Gasteiger partial charge in [-0.15, -0.1) is 0 Å². The summed E-state index contributed by atoms with van der Waals surface area (Å²) in [5.41, 5.74) is 0.287. The summed E-state index contributed by atoms with van der Waals surface area (Å²) >= 11 is 3.33. The quantitative estimate of drug-likeness (QED) is 0.516. The molecule has 0 bridgehead atoms. The predicted molar refractivity (Wildman–Crippen MR) is 99.4 cm³/mol. The van der Waals surface area contributed by atoms with Gasteiger partial charge in [-0.05, 0) is 36.4 Å². The van der Waals surface area contributed by atoms with E-state index in [0.717, 1.165) is 9.15 Å². The van der Waals surface area contributed by atoms with E-state index in [4.69, 9.17) is 9.15 Å². The Morgan fingerprint density at radius 3 is 2.69 bits per heavy atom. The standard InChI is InChI=1S/C18H15BrF3N3O4/c19-12-1-3-14(4-2-12)28-9-15-5-6-16(29-15)17(26)24-13-7-23-25(8-13)11-27-10-18(20,21)22/h1-8H,9-11H2,(H,24,26). The molecule has 2 heterocycles. The molecule has 0 radical (unpaired) electrons. The van der Waals surface area contributed by atoms with Gasteiger partial charge >= 0.3 is 6.18 Å². The van der Waals surface area contributed by atoms with Crippen LogP contribution < -0.4 is 10.1 Å². The molecular formula is C18H15BrF3N3O4. The topological polar surface area (TPSA) is 78.5 Å². The summed E-state index contributed by atoms with van der Waals surface area (Å²) in [6, 6.07) is 10.4. The smallest absolute Gasteiger partial charge is 0.411 e. The lowest BCUT2D eigenvalue weighted by Gasteiger charge is -2.07. The number of nitrogens with zero attached hydrogens (tertiary/aromatic N) is 2. The first kappa shape index (κ1) is 20.9. The molecule has 0 atom stereocenters. The molecule has 0 aliphatic heterocycles. The molecule has 0 aliphatic carbocycles. The number of alkyl halides is 3. The van der Waals surface area contributed by atoms with Gasteiger partial charge in [-0.1, -0.05) is 15.9 Å². The molecule has 2 aromatic heterocycles. The lowest BCUT2D eigenvalue weighted by Crippen LogP contribution is -2.18. The molecule has 0 spiro atoms. The van der Waals surface area contributed by atoms with Crippen LogP contribution in [0, 0.1) is 0 Å². The molecule has 1 amide bonds. The van der Waals surface area contributed by atoms with E-state index < -0.39 is 25.4 Å².